The highest BCUT2D eigenvalue weighted by Gasteiger charge is 2.10. The van der Waals surface area contributed by atoms with Crippen LogP contribution in [0.5, 0.6) is 0 Å². The number of thiophene rings is 1. The van der Waals surface area contributed by atoms with Crippen LogP contribution in [-0.2, 0) is 12.8 Å². The first kappa shape index (κ1) is 14.3. The van der Waals surface area contributed by atoms with Crippen LogP contribution in [0.15, 0.2) is 41.1 Å². The van der Waals surface area contributed by atoms with Gasteiger partial charge in [-0.2, -0.15) is 11.3 Å². The molecule has 1 unspecified atom stereocenters. The van der Waals surface area contributed by atoms with Gasteiger partial charge in [-0.1, -0.05) is 36.8 Å². The second kappa shape index (κ2) is 7.46. The first-order chi connectivity index (χ1) is 9.28. The Kier molecular flexibility index (Phi) is 5.62. The largest absolute Gasteiger partial charge is 0.317 e. The lowest BCUT2D eigenvalue weighted by Gasteiger charge is -2.17. The van der Waals surface area contributed by atoms with Gasteiger partial charge in [-0.3, -0.25) is 0 Å². The van der Waals surface area contributed by atoms with Crippen LogP contribution in [0.2, 0.25) is 0 Å². The summed E-state index contributed by atoms with van der Waals surface area (Å²) in [5, 5.41) is 7.94. The standard InChI is InChI=1S/C17H23NS/c1-3-18-12-17(11-16-8-9-19-13-16)10-15-6-4-14(2)5-7-15/h4-9,13,17-18H,3,10-12H2,1-2H3. The van der Waals surface area contributed by atoms with Crippen molar-refractivity contribution in [1.29, 1.82) is 0 Å². The lowest BCUT2D eigenvalue weighted by molar-refractivity contribution is 0.479. The molecule has 0 fully saturated rings. The Bertz CT molecular complexity index is 459. The Morgan fingerprint density at radius 2 is 1.79 bits per heavy atom. The Morgan fingerprint density at radius 1 is 1.05 bits per heavy atom. The second-order valence-corrected chi connectivity index (χ2v) is 5.98. The number of aryl methyl sites for hydroxylation is 1. The molecule has 0 aliphatic heterocycles. The van der Waals surface area contributed by atoms with E-state index in [9.17, 15) is 0 Å². The van der Waals surface area contributed by atoms with Gasteiger partial charge in [0.1, 0.15) is 0 Å². The lowest BCUT2D eigenvalue weighted by atomic mass is 9.93. The number of hydrogen-bond acceptors (Lipinski definition) is 2. The van der Waals surface area contributed by atoms with E-state index in [1.165, 1.54) is 23.1 Å². The topological polar surface area (TPSA) is 12.0 Å². The molecule has 0 radical (unpaired) electrons. The SMILES string of the molecule is CCNCC(Cc1ccc(C)cc1)Cc1ccsc1. The molecule has 0 aliphatic carbocycles. The molecule has 1 N–H and O–H groups in total. The summed E-state index contributed by atoms with van der Waals surface area (Å²) in [6.07, 6.45) is 2.33. The molecule has 1 aromatic carbocycles. The third-order valence-corrected chi connectivity index (χ3v) is 4.16. The normalized spacial score (nSPS) is 12.5. The van der Waals surface area contributed by atoms with Crippen LogP contribution in [-0.4, -0.2) is 13.1 Å². The summed E-state index contributed by atoms with van der Waals surface area (Å²) in [7, 11) is 0. The molecule has 2 rings (SSSR count). The molecule has 0 bridgehead atoms. The van der Waals surface area contributed by atoms with E-state index < -0.39 is 0 Å². The van der Waals surface area contributed by atoms with E-state index >= 15 is 0 Å². The summed E-state index contributed by atoms with van der Waals surface area (Å²) in [5.74, 6) is 0.678. The van der Waals surface area contributed by atoms with Gasteiger partial charge >= 0.3 is 0 Å². The average molecular weight is 273 g/mol. The number of rotatable bonds is 7. The maximum absolute atomic E-state index is 3.50. The van der Waals surface area contributed by atoms with Crippen LogP contribution in [0.1, 0.15) is 23.6 Å². The molecule has 1 heterocycles. The number of benzene rings is 1. The molecule has 1 aromatic heterocycles. The minimum atomic E-state index is 0.678. The number of hydrogen-bond donors (Lipinski definition) is 1. The van der Waals surface area contributed by atoms with E-state index in [-0.39, 0.29) is 0 Å². The van der Waals surface area contributed by atoms with Gasteiger partial charge in [-0.05, 0) is 66.7 Å². The summed E-state index contributed by atoms with van der Waals surface area (Å²) in [6, 6.07) is 11.2. The number of nitrogens with one attached hydrogen (secondary N) is 1. The van der Waals surface area contributed by atoms with Gasteiger partial charge < -0.3 is 5.32 Å². The molecule has 0 spiro atoms. The second-order valence-electron chi connectivity index (χ2n) is 5.20. The molecule has 19 heavy (non-hydrogen) atoms. The zero-order valence-electron chi connectivity index (χ0n) is 11.9. The van der Waals surface area contributed by atoms with Crippen molar-refractivity contribution in [3.05, 3.63) is 57.8 Å². The smallest absolute Gasteiger partial charge is 0.00143 e. The van der Waals surface area contributed by atoms with Gasteiger partial charge in [-0.15, -0.1) is 0 Å². The monoisotopic (exact) mass is 273 g/mol. The quantitative estimate of drug-likeness (QED) is 0.802. The van der Waals surface area contributed by atoms with Gasteiger partial charge in [0.2, 0.25) is 0 Å². The molecular weight excluding hydrogens is 250 g/mol. The van der Waals surface area contributed by atoms with Gasteiger partial charge in [0, 0.05) is 0 Å². The van der Waals surface area contributed by atoms with Gasteiger partial charge in [0.25, 0.3) is 0 Å². The maximum Gasteiger partial charge on any atom is -0.00143 e. The fourth-order valence-corrected chi connectivity index (χ4v) is 3.05. The van der Waals surface area contributed by atoms with Gasteiger partial charge in [0.15, 0.2) is 0 Å². The lowest BCUT2D eigenvalue weighted by Crippen LogP contribution is -2.25. The van der Waals surface area contributed by atoms with Crippen LogP contribution in [0.25, 0.3) is 0 Å². The van der Waals surface area contributed by atoms with Gasteiger partial charge in [0.05, 0.1) is 0 Å². The van der Waals surface area contributed by atoms with Crippen molar-refractivity contribution in [2.75, 3.05) is 13.1 Å². The minimum Gasteiger partial charge on any atom is -0.317 e. The van der Waals surface area contributed by atoms with Crippen molar-refractivity contribution in [3.8, 4) is 0 Å². The van der Waals surface area contributed by atoms with E-state index in [0.29, 0.717) is 5.92 Å². The van der Waals surface area contributed by atoms with E-state index in [1.807, 2.05) is 0 Å². The third kappa shape index (κ3) is 4.81. The predicted octanol–water partition coefficient (Wildman–Crippen LogP) is 4.07. The molecule has 0 saturated heterocycles. The zero-order valence-corrected chi connectivity index (χ0v) is 12.7. The zero-order chi connectivity index (χ0) is 13.5. The van der Waals surface area contributed by atoms with E-state index in [1.54, 1.807) is 11.3 Å². The fourth-order valence-electron chi connectivity index (χ4n) is 2.36. The summed E-state index contributed by atoms with van der Waals surface area (Å²) < 4.78 is 0. The van der Waals surface area contributed by atoms with Crippen molar-refractivity contribution in [1.82, 2.24) is 5.32 Å². The van der Waals surface area contributed by atoms with Crippen LogP contribution >= 0.6 is 11.3 Å². The Morgan fingerprint density at radius 3 is 2.42 bits per heavy atom. The highest BCUT2D eigenvalue weighted by molar-refractivity contribution is 7.07. The predicted molar refractivity (Wildman–Crippen MR) is 84.9 cm³/mol. The Balaban J connectivity index is 1.98. The van der Waals surface area contributed by atoms with Crippen LogP contribution in [0.3, 0.4) is 0 Å². The third-order valence-electron chi connectivity index (χ3n) is 3.43. The molecule has 1 nitrogen and oxygen atoms in total. The van der Waals surface area contributed by atoms with Crippen molar-refractivity contribution in [3.63, 3.8) is 0 Å². The van der Waals surface area contributed by atoms with E-state index in [2.05, 4.69) is 60.3 Å². The Labute approximate surface area is 120 Å². The van der Waals surface area contributed by atoms with E-state index in [4.69, 9.17) is 0 Å². The van der Waals surface area contributed by atoms with E-state index in [0.717, 1.165) is 19.5 Å². The molecule has 0 aliphatic rings. The van der Waals surface area contributed by atoms with Crippen LogP contribution in [0, 0.1) is 12.8 Å². The van der Waals surface area contributed by atoms with Crippen molar-refractivity contribution >= 4 is 11.3 Å². The summed E-state index contributed by atoms with van der Waals surface area (Å²) in [4.78, 5) is 0. The van der Waals surface area contributed by atoms with Crippen molar-refractivity contribution in [2.45, 2.75) is 26.7 Å². The van der Waals surface area contributed by atoms with Gasteiger partial charge in [-0.25, -0.2) is 0 Å². The highest BCUT2D eigenvalue weighted by atomic mass is 32.1. The average Bonchev–Trinajstić information content (AvgIpc) is 2.91. The van der Waals surface area contributed by atoms with Crippen LogP contribution in [0.4, 0.5) is 0 Å². The van der Waals surface area contributed by atoms with Crippen LogP contribution < -0.4 is 5.32 Å². The summed E-state index contributed by atoms with van der Waals surface area (Å²) in [6.45, 7) is 6.47. The molecule has 102 valence electrons. The summed E-state index contributed by atoms with van der Waals surface area (Å²) >= 11 is 1.79. The van der Waals surface area contributed by atoms with Crippen molar-refractivity contribution in [2.24, 2.45) is 5.92 Å². The molecule has 2 aromatic rings. The summed E-state index contributed by atoms with van der Waals surface area (Å²) in [5.41, 5.74) is 4.26. The molecule has 0 amide bonds. The minimum absolute atomic E-state index is 0.678. The highest BCUT2D eigenvalue weighted by Crippen LogP contribution is 2.17. The maximum atomic E-state index is 3.50. The first-order valence-corrected chi connectivity index (χ1v) is 7.99. The van der Waals surface area contributed by atoms with Crippen molar-refractivity contribution < 1.29 is 0 Å². The molecule has 0 saturated carbocycles. The molecule has 1 atom stereocenters. The fraction of sp³-hybridized carbons (Fsp3) is 0.412. The first-order valence-electron chi connectivity index (χ1n) is 7.05. The molecular formula is C17H23NS. The Hall–Kier alpha value is -1.12. The molecule has 2 heteroatoms.